The number of sulfonamides is 1. The summed E-state index contributed by atoms with van der Waals surface area (Å²) >= 11 is 8.12. The molecule has 0 N–H and O–H groups in total. The molecule has 0 radical (unpaired) electrons. The van der Waals surface area contributed by atoms with Crippen LogP contribution >= 0.6 is 43.2 Å². The second kappa shape index (κ2) is 7.25. The Kier molecular flexibility index (Phi) is 5.45. The quantitative estimate of drug-likeness (QED) is 0.658. The molecule has 2 aromatic rings. The fraction of sp³-hybridized carbons (Fsp3) is 0.267. The number of rotatable bonds is 3. The lowest BCUT2D eigenvalue weighted by Gasteiger charge is -2.33. The molecule has 9 heteroatoms. The number of carbonyl (C=O) groups excluding carboxylic acids is 1. The lowest BCUT2D eigenvalue weighted by molar-refractivity contribution is 0.0703. The van der Waals surface area contributed by atoms with Crippen LogP contribution in [0.2, 0.25) is 0 Å². The van der Waals surface area contributed by atoms with Crippen molar-refractivity contribution in [2.24, 2.45) is 0 Å². The van der Waals surface area contributed by atoms with Gasteiger partial charge < -0.3 is 4.90 Å². The Morgan fingerprint density at radius 1 is 1.04 bits per heavy atom. The average Bonchev–Trinajstić information content (AvgIpc) is 2.94. The summed E-state index contributed by atoms with van der Waals surface area (Å²) < 4.78 is 28.3. The molecule has 0 atom stereocenters. The van der Waals surface area contributed by atoms with Gasteiger partial charge in [-0.2, -0.15) is 4.31 Å². The summed E-state index contributed by atoms with van der Waals surface area (Å²) in [4.78, 5) is 15.1. The van der Waals surface area contributed by atoms with E-state index in [1.807, 2.05) is 0 Å². The number of amides is 1. The number of benzene rings is 1. The van der Waals surface area contributed by atoms with Gasteiger partial charge in [-0.25, -0.2) is 8.42 Å². The molecule has 0 aliphatic carbocycles. The molecule has 0 spiro atoms. The zero-order valence-electron chi connectivity index (χ0n) is 12.5. The van der Waals surface area contributed by atoms with Gasteiger partial charge >= 0.3 is 0 Å². The van der Waals surface area contributed by atoms with Crippen LogP contribution in [0.3, 0.4) is 0 Å². The summed E-state index contributed by atoms with van der Waals surface area (Å²) in [6.45, 7) is 1.38. The lowest BCUT2D eigenvalue weighted by Crippen LogP contribution is -2.50. The molecule has 1 aromatic heterocycles. The first-order valence-electron chi connectivity index (χ1n) is 7.19. The molecule has 0 bridgehead atoms. The molecule has 1 fully saturated rings. The van der Waals surface area contributed by atoms with Crippen molar-refractivity contribution in [3.63, 3.8) is 0 Å². The number of piperazine rings is 1. The van der Waals surface area contributed by atoms with E-state index in [4.69, 9.17) is 0 Å². The van der Waals surface area contributed by atoms with Crippen LogP contribution in [0.25, 0.3) is 0 Å². The van der Waals surface area contributed by atoms with Crippen LogP contribution in [0, 0.1) is 0 Å². The molecule has 2 heterocycles. The summed E-state index contributed by atoms with van der Waals surface area (Å²) in [5, 5.41) is 0. The van der Waals surface area contributed by atoms with Crippen molar-refractivity contribution < 1.29 is 13.2 Å². The molecule has 0 saturated carbocycles. The summed E-state index contributed by atoms with van der Waals surface area (Å²) in [5.74, 6) is -0.0665. The van der Waals surface area contributed by atoms with Gasteiger partial charge in [-0.3, -0.25) is 4.79 Å². The summed E-state index contributed by atoms with van der Waals surface area (Å²) in [6.07, 6.45) is 0. The van der Waals surface area contributed by atoms with Gasteiger partial charge in [0.15, 0.2) is 0 Å². The minimum Gasteiger partial charge on any atom is -0.335 e. The molecular formula is C15H14Br2N2O3S2. The largest absolute Gasteiger partial charge is 0.335 e. The maximum Gasteiger partial charge on any atom is 0.264 e. The van der Waals surface area contributed by atoms with E-state index in [1.54, 1.807) is 41.3 Å². The monoisotopic (exact) mass is 492 g/mol. The van der Waals surface area contributed by atoms with Crippen LogP contribution in [0.4, 0.5) is 0 Å². The van der Waals surface area contributed by atoms with Gasteiger partial charge in [0, 0.05) is 30.7 Å². The van der Waals surface area contributed by atoms with E-state index in [0.717, 1.165) is 8.26 Å². The van der Waals surface area contributed by atoms with E-state index < -0.39 is 10.0 Å². The fourth-order valence-corrected chi connectivity index (χ4v) is 5.93. The van der Waals surface area contributed by atoms with Gasteiger partial charge in [-0.05, 0) is 50.1 Å². The zero-order chi connectivity index (χ0) is 17.3. The molecule has 1 aliphatic heterocycles. The van der Waals surface area contributed by atoms with Gasteiger partial charge in [0.2, 0.25) is 10.0 Å². The predicted octanol–water partition coefficient (Wildman–Crippen LogP) is 3.42. The van der Waals surface area contributed by atoms with Crippen molar-refractivity contribution in [3.8, 4) is 0 Å². The topological polar surface area (TPSA) is 57.7 Å². The molecule has 3 rings (SSSR count). The maximum absolute atomic E-state index is 12.6. The highest BCUT2D eigenvalue weighted by Crippen LogP contribution is 2.33. The van der Waals surface area contributed by atoms with Gasteiger partial charge in [0.05, 0.1) is 13.6 Å². The Bertz CT molecular complexity index is 825. The molecule has 0 unspecified atom stereocenters. The SMILES string of the molecule is O=C(c1cc(Br)c(Br)s1)N1CCN(S(=O)(=O)c2ccccc2)CC1. The number of carbonyl (C=O) groups is 1. The van der Waals surface area contributed by atoms with E-state index in [0.29, 0.717) is 31.1 Å². The average molecular weight is 494 g/mol. The summed E-state index contributed by atoms with van der Waals surface area (Å²) in [6, 6.07) is 10.2. The number of hydrogen-bond acceptors (Lipinski definition) is 4. The lowest BCUT2D eigenvalue weighted by atomic mass is 10.3. The Labute approximate surface area is 161 Å². The van der Waals surface area contributed by atoms with Crippen LogP contribution in [0.1, 0.15) is 9.67 Å². The van der Waals surface area contributed by atoms with Crippen molar-refractivity contribution >= 4 is 59.1 Å². The minimum atomic E-state index is -3.50. The van der Waals surface area contributed by atoms with Crippen LogP contribution in [0.15, 0.2) is 49.6 Å². The number of halogens is 2. The van der Waals surface area contributed by atoms with E-state index in [-0.39, 0.29) is 10.8 Å². The molecule has 1 amide bonds. The minimum absolute atomic E-state index is 0.0665. The second-order valence-electron chi connectivity index (χ2n) is 5.24. The van der Waals surface area contributed by atoms with Crippen LogP contribution < -0.4 is 0 Å². The van der Waals surface area contributed by atoms with Gasteiger partial charge in [0.1, 0.15) is 0 Å². The van der Waals surface area contributed by atoms with Crippen LogP contribution in [0.5, 0.6) is 0 Å². The van der Waals surface area contributed by atoms with Crippen molar-refractivity contribution in [2.45, 2.75) is 4.90 Å². The van der Waals surface area contributed by atoms with Crippen molar-refractivity contribution in [2.75, 3.05) is 26.2 Å². The maximum atomic E-state index is 12.6. The van der Waals surface area contributed by atoms with Gasteiger partial charge in [-0.1, -0.05) is 18.2 Å². The molecule has 1 aromatic carbocycles. The summed E-state index contributed by atoms with van der Waals surface area (Å²) in [5.41, 5.74) is 0. The third-order valence-electron chi connectivity index (χ3n) is 3.76. The van der Waals surface area contributed by atoms with E-state index in [1.165, 1.54) is 15.6 Å². The van der Waals surface area contributed by atoms with E-state index in [2.05, 4.69) is 31.9 Å². The normalized spacial score (nSPS) is 16.3. The third kappa shape index (κ3) is 3.60. The highest BCUT2D eigenvalue weighted by atomic mass is 79.9. The molecular weight excluding hydrogens is 480 g/mol. The predicted molar refractivity (Wildman–Crippen MR) is 101 cm³/mol. The Morgan fingerprint density at radius 2 is 1.67 bits per heavy atom. The summed E-state index contributed by atoms with van der Waals surface area (Å²) in [7, 11) is -3.50. The van der Waals surface area contributed by atoms with E-state index in [9.17, 15) is 13.2 Å². The first kappa shape index (κ1) is 18.1. The van der Waals surface area contributed by atoms with E-state index >= 15 is 0 Å². The highest BCUT2D eigenvalue weighted by molar-refractivity contribution is 9.13. The Balaban J connectivity index is 1.69. The first-order chi connectivity index (χ1) is 11.4. The Morgan fingerprint density at radius 3 is 2.21 bits per heavy atom. The third-order valence-corrected chi connectivity index (χ3v) is 8.92. The molecule has 128 valence electrons. The van der Waals surface area contributed by atoms with Crippen LogP contribution in [-0.4, -0.2) is 49.7 Å². The van der Waals surface area contributed by atoms with Gasteiger partial charge in [0.25, 0.3) is 5.91 Å². The standard InChI is InChI=1S/C15H14Br2N2O3S2/c16-12-10-13(23-14(12)17)15(20)18-6-8-19(9-7-18)24(21,22)11-4-2-1-3-5-11/h1-5,10H,6-9H2. The van der Waals surface area contributed by atoms with Gasteiger partial charge in [-0.15, -0.1) is 11.3 Å². The highest BCUT2D eigenvalue weighted by Gasteiger charge is 2.30. The smallest absolute Gasteiger partial charge is 0.264 e. The number of hydrogen-bond donors (Lipinski definition) is 0. The molecule has 24 heavy (non-hydrogen) atoms. The number of nitrogens with zero attached hydrogens (tertiary/aromatic N) is 2. The van der Waals surface area contributed by atoms with Crippen molar-refractivity contribution in [3.05, 3.63) is 49.5 Å². The molecule has 1 saturated heterocycles. The molecule has 1 aliphatic rings. The second-order valence-corrected chi connectivity index (χ2v) is 10.4. The van der Waals surface area contributed by atoms with Crippen LogP contribution in [-0.2, 0) is 10.0 Å². The zero-order valence-corrected chi connectivity index (χ0v) is 17.3. The number of thiophene rings is 1. The van der Waals surface area contributed by atoms with Crippen molar-refractivity contribution in [1.29, 1.82) is 0 Å². The Hall–Kier alpha value is -0.740. The molecule has 5 nitrogen and oxygen atoms in total. The first-order valence-corrected chi connectivity index (χ1v) is 11.0. The van der Waals surface area contributed by atoms with Crippen molar-refractivity contribution in [1.82, 2.24) is 9.21 Å². The fourth-order valence-electron chi connectivity index (χ4n) is 2.48.